The second-order valence-electron chi connectivity index (χ2n) is 3.10. The first-order valence-corrected chi connectivity index (χ1v) is 3.92. The predicted octanol–water partition coefficient (Wildman–Crippen LogP) is 1.48. The van der Waals surface area contributed by atoms with E-state index >= 15 is 0 Å². The molecule has 3 nitrogen and oxygen atoms in total. The van der Waals surface area contributed by atoms with E-state index in [9.17, 15) is 0 Å². The molecule has 0 unspecified atom stereocenters. The molecule has 0 fully saturated rings. The second-order valence-corrected chi connectivity index (χ2v) is 3.10. The van der Waals surface area contributed by atoms with Crippen LogP contribution >= 0.6 is 0 Å². The van der Waals surface area contributed by atoms with Crippen molar-refractivity contribution in [3.63, 3.8) is 0 Å². The highest BCUT2D eigenvalue weighted by molar-refractivity contribution is 5.03. The molecule has 1 atom stereocenters. The van der Waals surface area contributed by atoms with E-state index in [-0.39, 0.29) is 6.04 Å². The lowest BCUT2D eigenvalue weighted by atomic mass is 10.3. The summed E-state index contributed by atoms with van der Waals surface area (Å²) >= 11 is 0. The lowest BCUT2D eigenvalue weighted by molar-refractivity contribution is 0.521. The molecule has 0 spiro atoms. The number of hydrogen-bond acceptors (Lipinski definition) is 2. The van der Waals surface area contributed by atoms with Gasteiger partial charge in [-0.15, -0.1) is 0 Å². The summed E-state index contributed by atoms with van der Waals surface area (Å²) in [5.41, 5.74) is 6.61. The Kier molecular flexibility index (Phi) is 2.29. The molecule has 1 aromatic rings. The van der Waals surface area contributed by atoms with Gasteiger partial charge in [0.25, 0.3) is 0 Å². The zero-order valence-corrected chi connectivity index (χ0v) is 7.28. The summed E-state index contributed by atoms with van der Waals surface area (Å²) in [6.45, 7) is 6.13. The Morgan fingerprint density at radius 3 is 2.36 bits per heavy atom. The van der Waals surface area contributed by atoms with Crippen LogP contribution in [0.2, 0.25) is 0 Å². The molecule has 1 aromatic heterocycles. The molecule has 0 amide bonds. The van der Waals surface area contributed by atoms with E-state index in [1.165, 1.54) is 0 Å². The molecule has 0 saturated heterocycles. The number of nitrogens with two attached hydrogens (primary N) is 1. The van der Waals surface area contributed by atoms with E-state index in [2.05, 4.69) is 18.9 Å². The molecule has 62 valence electrons. The first-order chi connectivity index (χ1) is 5.11. The highest BCUT2D eigenvalue weighted by Gasteiger charge is 2.04. The SMILES string of the molecule is CC(C)n1ccc([C@H](C)N)n1. The lowest BCUT2D eigenvalue weighted by Crippen LogP contribution is -2.08. The molecular weight excluding hydrogens is 138 g/mol. The first kappa shape index (κ1) is 8.27. The average Bonchev–Trinajstić information content (AvgIpc) is 2.33. The van der Waals surface area contributed by atoms with Crippen LogP contribution in [0, 0.1) is 0 Å². The van der Waals surface area contributed by atoms with Crippen LogP contribution in [0.25, 0.3) is 0 Å². The molecule has 2 N–H and O–H groups in total. The maximum atomic E-state index is 5.65. The van der Waals surface area contributed by atoms with E-state index in [0.29, 0.717) is 6.04 Å². The molecule has 0 bridgehead atoms. The zero-order valence-electron chi connectivity index (χ0n) is 7.28. The van der Waals surface area contributed by atoms with Gasteiger partial charge in [0.2, 0.25) is 0 Å². The van der Waals surface area contributed by atoms with E-state index in [1.807, 2.05) is 23.9 Å². The molecule has 0 aliphatic rings. The Bertz CT molecular complexity index is 202. The zero-order chi connectivity index (χ0) is 8.43. The third kappa shape index (κ3) is 1.80. The fourth-order valence-electron chi connectivity index (χ4n) is 0.883. The minimum Gasteiger partial charge on any atom is -0.323 e. The molecule has 11 heavy (non-hydrogen) atoms. The van der Waals surface area contributed by atoms with Crippen LogP contribution in [0.1, 0.15) is 38.5 Å². The van der Waals surface area contributed by atoms with Gasteiger partial charge < -0.3 is 5.73 Å². The van der Waals surface area contributed by atoms with Crippen LogP contribution in [0.15, 0.2) is 12.3 Å². The maximum absolute atomic E-state index is 5.65. The predicted molar refractivity (Wildman–Crippen MR) is 45.2 cm³/mol. The van der Waals surface area contributed by atoms with Crippen molar-refractivity contribution >= 4 is 0 Å². The van der Waals surface area contributed by atoms with Gasteiger partial charge in [0, 0.05) is 18.3 Å². The topological polar surface area (TPSA) is 43.8 Å². The van der Waals surface area contributed by atoms with Gasteiger partial charge in [0.05, 0.1) is 5.69 Å². The Morgan fingerprint density at radius 1 is 1.45 bits per heavy atom. The summed E-state index contributed by atoms with van der Waals surface area (Å²) in [7, 11) is 0. The largest absolute Gasteiger partial charge is 0.323 e. The average molecular weight is 153 g/mol. The van der Waals surface area contributed by atoms with Crippen molar-refractivity contribution in [3.8, 4) is 0 Å². The number of hydrogen-bond donors (Lipinski definition) is 1. The highest BCUT2D eigenvalue weighted by atomic mass is 15.3. The first-order valence-electron chi connectivity index (χ1n) is 3.92. The van der Waals surface area contributed by atoms with Crippen molar-refractivity contribution < 1.29 is 0 Å². The normalized spacial score (nSPS) is 13.9. The van der Waals surface area contributed by atoms with Gasteiger partial charge in [0.15, 0.2) is 0 Å². The van der Waals surface area contributed by atoms with E-state index < -0.39 is 0 Å². The summed E-state index contributed by atoms with van der Waals surface area (Å²) in [5, 5.41) is 4.30. The van der Waals surface area contributed by atoms with Crippen LogP contribution in [0.4, 0.5) is 0 Å². The van der Waals surface area contributed by atoms with Gasteiger partial charge in [-0.2, -0.15) is 5.10 Å². The standard InChI is InChI=1S/C8H15N3/c1-6(2)11-5-4-8(10-11)7(3)9/h4-7H,9H2,1-3H3/t7-/m0/s1. The molecule has 0 aliphatic heterocycles. The maximum Gasteiger partial charge on any atom is 0.0789 e. The molecule has 0 radical (unpaired) electrons. The summed E-state index contributed by atoms with van der Waals surface area (Å²) in [6, 6.07) is 2.42. The van der Waals surface area contributed by atoms with Crippen LogP contribution in [-0.4, -0.2) is 9.78 Å². The molecule has 0 aromatic carbocycles. The molecule has 0 saturated carbocycles. The summed E-state index contributed by atoms with van der Waals surface area (Å²) in [4.78, 5) is 0. The van der Waals surface area contributed by atoms with Gasteiger partial charge in [0.1, 0.15) is 0 Å². The third-order valence-corrected chi connectivity index (χ3v) is 1.62. The van der Waals surface area contributed by atoms with Crippen LogP contribution in [0.5, 0.6) is 0 Å². The molecule has 1 heterocycles. The third-order valence-electron chi connectivity index (χ3n) is 1.62. The van der Waals surface area contributed by atoms with E-state index in [4.69, 9.17) is 5.73 Å². The van der Waals surface area contributed by atoms with Crippen molar-refractivity contribution in [2.45, 2.75) is 32.9 Å². The molecular formula is C8H15N3. The van der Waals surface area contributed by atoms with Crippen molar-refractivity contribution in [1.82, 2.24) is 9.78 Å². The Morgan fingerprint density at radius 2 is 2.09 bits per heavy atom. The summed E-state index contributed by atoms with van der Waals surface area (Å²) < 4.78 is 1.92. The summed E-state index contributed by atoms with van der Waals surface area (Å²) in [5.74, 6) is 0. The van der Waals surface area contributed by atoms with Crippen LogP contribution < -0.4 is 5.73 Å². The van der Waals surface area contributed by atoms with E-state index in [0.717, 1.165) is 5.69 Å². The minimum absolute atomic E-state index is 0.0370. The summed E-state index contributed by atoms with van der Waals surface area (Å²) in [6.07, 6.45) is 1.96. The van der Waals surface area contributed by atoms with Gasteiger partial charge in [-0.1, -0.05) is 0 Å². The van der Waals surface area contributed by atoms with E-state index in [1.54, 1.807) is 0 Å². The molecule has 0 aliphatic carbocycles. The Balaban J connectivity index is 2.82. The molecule has 1 rings (SSSR count). The lowest BCUT2D eigenvalue weighted by Gasteiger charge is -2.04. The number of rotatable bonds is 2. The molecule has 3 heteroatoms. The fraction of sp³-hybridized carbons (Fsp3) is 0.625. The second kappa shape index (κ2) is 3.05. The van der Waals surface area contributed by atoms with Crippen LogP contribution in [0.3, 0.4) is 0 Å². The fourth-order valence-corrected chi connectivity index (χ4v) is 0.883. The Hall–Kier alpha value is -0.830. The highest BCUT2D eigenvalue weighted by Crippen LogP contribution is 2.08. The Labute approximate surface area is 67.2 Å². The minimum atomic E-state index is 0.0370. The number of nitrogens with zero attached hydrogens (tertiary/aromatic N) is 2. The smallest absolute Gasteiger partial charge is 0.0789 e. The van der Waals surface area contributed by atoms with Gasteiger partial charge in [-0.05, 0) is 26.8 Å². The van der Waals surface area contributed by atoms with Gasteiger partial charge in [-0.3, -0.25) is 4.68 Å². The van der Waals surface area contributed by atoms with Gasteiger partial charge >= 0.3 is 0 Å². The monoisotopic (exact) mass is 153 g/mol. The van der Waals surface area contributed by atoms with Crippen molar-refractivity contribution in [1.29, 1.82) is 0 Å². The van der Waals surface area contributed by atoms with Crippen LogP contribution in [-0.2, 0) is 0 Å². The van der Waals surface area contributed by atoms with Crippen molar-refractivity contribution in [3.05, 3.63) is 18.0 Å². The quantitative estimate of drug-likeness (QED) is 0.699. The van der Waals surface area contributed by atoms with Crippen molar-refractivity contribution in [2.24, 2.45) is 5.73 Å². The van der Waals surface area contributed by atoms with Crippen molar-refractivity contribution in [2.75, 3.05) is 0 Å². The van der Waals surface area contributed by atoms with Gasteiger partial charge in [-0.25, -0.2) is 0 Å². The number of aromatic nitrogens is 2.